The lowest BCUT2D eigenvalue weighted by molar-refractivity contribution is 0.627. The molecule has 0 unspecified atom stereocenters. The van der Waals surface area contributed by atoms with Crippen molar-refractivity contribution in [3.8, 4) is 0 Å². The Hall–Kier alpha value is -2.86. The van der Waals surface area contributed by atoms with Crippen LogP contribution < -0.4 is 4.90 Å². The molecule has 0 amide bonds. The monoisotopic (exact) mass is 408 g/mol. The van der Waals surface area contributed by atoms with Gasteiger partial charge in [0.05, 0.1) is 18.3 Å². The smallest absolute Gasteiger partial charge is 0.230 e. The number of pyridine rings is 1. The maximum Gasteiger partial charge on any atom is 0.230 e. The van der Waals surface area contributed by atoms with E-state index in [1.165, 1.54) is 12.1 Å². The van der Waals surface area contributed by atoms with Gasteiger partial charge in [0.15, 0.2) is 0 Å². The highest BCUT2D eigenvalue weighted by molar-refractivity contribution is 9.10. The zero-order valence-corrected chi connectivity index (χ0v) is 15.3. The average Bonchev–Trinajstić information content (AvgIpc) is 2.67. The first kappa shape index (κ1) is 16.6. The Morgan fingerprint density at radius 3 is 2.58 bits per heavy atom. The third-order valence-corrected chi connectivity index (χ3v) is 4.48. The minimum absolute atomic E-state index is 0.300. The van der Waals surface area contributed by atoms with E-state index in [4.69, 9.17) is 0 Å². The van der Waals surface area contributed by atoms with Gasteiger partial charge in [-0.1, -0.05) is 34.1 Å². The molecule has 6 heteroatoms. The number of hydrogen-bond acceptors (Lipinski definition) is 4. The standard InChI is InChI=1S/C20H14BrFN4/c21-15-8-6-14(7-9-15)13-26(17-4-1-3-16(22)11-17)20-24-12-19-18(25-20)5-2-10-23-19/h1-12H,13H2. The van der Waals surface area contributed by atoms with Crippen LogP contribution in [-0.4, -0.2) is 15.0 Å². The van der Waals surface area contributed by atoms with E-state index in [-0.39, 0.29) is 5.82 Å². The van der Waals surface area contributed by atoms with Crippen LogP contribution >= 0.6 is 15.9 Å². The Balaban J connectivity index is 1.79. The third-order valence-electron chi connectivity index (χ3n) is 3.95. The summed E-state index contributed by atoms with van der Waals surface area (Å²) >= 11 is 3.44. The molecule has 2 aromatic heterocycles. The number of fused-ring (bicyclic) bond motifs is 1. The van der Waals surface area contributed by atoms with Crippen LogP contribution in [0, 0.1) is 5.82 Å². The van der Waals surface area contributed by atoms with Gasteiger partial charge in [0, 0.05) is 16.4 Å². The van der Waals surface area contributed by atoms with E-state index in [0.717, 1.165) is 21.1 Å². The molecule has 4 aromatic rings. The summed E-state index contributed by atoms with van der Waals surface area (Å²) < 4.78 is 14.8. The lowest BCUT2D eigenvalue weighted by Crippen LogP contribution is -2.19. The molecule has 0 aliphatic carbocycles. The lowest BCUT2D eigenvalue weighted by Gasteiger charge is -2.23. The molecule has 0 aliphatic rings. The molecule has 0 bridgehead atoms. The summed E-state index contributed by atoms with van der Waals surface area (Å²) in [4.78, 5) is 15.2. The van der Waals surface area contributed by atoms with Gasteiger partial charge in [0.25, 0.3) is 0 Å². The summed E-state index contributed by atoms with van der Waals surface area (Å²) in [7, 11) is 0. The van der Waals surface area contributed by atoms with Crippen molar-refractivity contribution < 1.29 is 4.39 Å². The molecular weight excluding hydrogens is 395 g/mol. The minimum atomic E-state index is -0.300. The van der Waals surface area contributed by atoms with Gasteiger partial charge in [-0.3, -0.25) is 4.98 Å². The van der Waals surface area contributed by atoms with Crippen molar-refractivity contribution in [2.75, 3.05) is 4.90 Å². The van der Waals surface area contributed by atoms with Gasteiger partial charge >= 0.3 is 0 Å². The van der Waals surface area contributed by atoms with Crippen molar-refractivity contribution >= 4 is 38.6 Å². The maximum atomic E-state index is 13.8. The van der Waals surface area contributed by atoms with E-state index < -0.39 is 0 Å². The Bertz CT molecular complexity index is 1050. The lowest BCUT2D eigenvalue weighted by atomic mass is 10.2. The number of rotatable bonds is 4. The normalized spacial score (nSPS) is 10.8. The van der Waals surface area contributed by atoms with Gasteiger partial charge in [-0.2, -0.15) is 0 Å². The van der Waals surface area contributed by atoms with Crippen molar-refractivity contribution in [1.82, 2.24) is 15.0 Å². The van der Waals surface area contributed by atoms with Crippen LogP contribution in [0.2, 0.25) is 0 Å². The predicted molar refractivity (Wildman–Crippen MR) is 104 cm³/mol. The maximum absolute atomic E-state index is 13.8. The van der Waals surface area contributed by atoms with Gasteiger partial charge in [-0.05, 0) is 48.0 Å². The molecule has 0 atom stereocenters. The Kier molecular flexibility index (Phi) is 4.58. The molecule has 0 saturated heterocycles. The summed E-state index contributed by atoms with van der Waals surface area (Å²) in [6.45, 7) is 0.516. The molecule has 0 radical (unpaired) electrons. The molecule has 0 fully saturated rings. The van der Waals surface area contributed by atoms with Crippen LogP contribution in [0.5, 0.6) is 0 Å². The highest BCUT2D eigenvalue weighted by Gasteiger charge is 2.15. The van der Waals surface area contributed by atoms with E-state index in [9.17, 15) is 4.39 Å². The highest BCUT2D eigenvalue weighted by Crippen LogP contribution is 2.26. The summed E-state index contributed by atoms with van der Waals surface area (Å²) in [5.74, 6) is 0.199. The first-order valence-corrected chi connectivity index (χ1v) is 8.84. The SMILES string of the molecule is Fc1cccc(N(Cc2ccc(Br)cc2)c2ncc3ncccc3n2)c1. The fourth-order valence-corrected chi connectivity index (χ4v) is 2.95. The Labute approximate surface area is 158 Å². The van der Waals surface area contributed by atoms with E-state index >= 15 is 0 Å². The fourth-order valence-electron chi connectivity index (χ4n) is 2.68. The first-order valence-electron chi connectivity index (χ1n) is 8.04. The predicted octanol–water partition coefficient (Wildman–Crippen LogP) is 5.26. The second kappa shape index (κ2) is 7.17. The Morgan fingerprint density at radius 1 is 0.923 bits per heavy atom. The molecule has 0 N–H and O–H groups in total. The third kappa shape index (κ3) is 3.55. The fraction of sp³-hybridized carbons (Fsp3) is 0.0500. The molecule has 0 aliphatic heterocycles. The van der Waals surface area contributed by atoms with E-state index in [1.54, 1.807) is 18.5 Å². The number of benzene rings is 2. The first-order chi connectivity index (χ1) is 12.7. The van der Waals surface area contributed by atoms with E-state index in [1.807, 2.05) is 47.4 Å². The second-order valence-corrected chi connectivity index (χ2v) is 6.69. The zero-order valence-electron chi connectivity index (χ0n) is 13.7. The molecule has 0 saturated carbocycles. The van der Waals surface area contributed by atoms with Gasteiger partial charge in [0.2, 0.25) is 5.95 Å². The van der Waals surface area contributed by atoms with Crippen LogP contribution in [0.15, 0.2) is 77.5 Å². The largest absolute Gasteiger partial charge is 0.306 e. The molecule has 0 spiro atoms. The summed E-state index contributed by atoms with van der Waals surface area (Å²) in [5, 5.41) is 0. The number of anilines is 2. The average molecular weight is 409 g/mol. The van der Waals surface area contributed by atoms with Gasteiger partial charge in [-0.15, -0.1) is 0 Å². The highest BCUT2D eigenvalue weighted by atomic mass is 79.9. The molecule has 26 heavy (non-hydrogen) atoms. The second-order valence-electron chi connectivity index (χ2n) is 5.77. The number of aromatic nitrogens is 3. The molecular formula is C20H14BrFN4. The van der Waals surface area contributed by atoms with Crippen molar-refractivity contribution in [1.29, 1.82) is 0 Å². The molecule has 2 heterocycles. The van der Waals surface area contributed by atoms with Crippen molar-refractivity contribution in [2.45, 2.75) is 6.54 Å². The van der Waals surface area contributed by atoms with Crippen LogP contribution in [0.1, 0.15) is 5.56 Å². The molecule has 4 rings (SSSR count). The van der Waals surface area contributed by atoms with Crippen LogP contribution in [0.3, 0.4) is 0 Å². The molecule has 4 nitrogen and oxygen atoms in total. The Morgan fingerprint density at radius 2 is 1.77 bits per heavy atom. The summed E-state index contributed by atoms with van der Waals surface area (Å²) in [5.41, 5.74) is 3.22. The van der Waals surface area contributed by atoms with Crippen molar-refractivity contribution in [3.05, 3.63) is 88.9 Å². The van der Waals surface area contributed by atoms with Crippen molar-refractivity contribution in [2.24, 2.45) is 0 Å². The van der Waals surface area contributed by atoms with Crippen LogP contribution in [0.4, 0.5) is 16.0 Å². The molecule has 128 valence electrons. The quantitative estimate of drug-likeness (QED) is 0.461. The topological polar surface area (TPSA) is 41.9 Å². The van der Waals surface area contributed by atoms with Gasteiger partial charge in [-0.25, -0.2) is 14.4 Å². The van der Waals surface area contributed by atoms with Crippen molar-refractivity contribution in [3.63, 3.8) is 0 Å². The summed E-state index contributed by atoms with van der Waals surface area (Å²) in [6.07, 6.45) is 3.39. The van der Waals surface area contributed by atoms with Gasteiger partial charge < -0.3 is 4.90 Å². The number of nitrogens with zero attached hydrogens (tertiary/aromatic N) is 4. The van der Waals surface area contributed by atoms with E-state index in [2.05, 4.69) is 30.9 Å². The van der Waals surface area contributed by atoms with Crippen LogP contribution in [0.25, 0.3) is 11.0 Å². The summed E-state index contributed by atoms with van der Waals surface area (Å²) in [6, 6.07) is 18.1. The minimum Gasteiger partial charge on any atom is -0.306 e. The zero-order chi connectivity index (χ0) is 17.9. The van der Waals surface area contributed by atoms with Crippen LogP contribution in [-0.2, 0) is 6.54 Å². The molecule has 2 aromatic carbocycles. The van der Waals surface area contributed by atoms with Gasteiger partial charge in [0.1, 0.15) is 11.3 Å². The van der Waals surface area contributed by atoms with E-state index in [0.29, 0.717) is 18.2 Å². The number of hydrogen-bond donors (Lipinski definition) is 0. The number of halogens is 2.